The van der Waals surface area contributed by atoms with Gasteiger partial charge in [0.2, 0.25) is 5.91 Å². The number of anilines is 1. The van der Waals surface area contributed by atoms with Crippen molar-refractivity contribution in [2.75, 3.05) is 31.6 Å². The van der Waals surface area contributed by atoms with Crippen molar-refractivity contribution >= 4 is 11.6 Å². The lowest BCUT2D eigenvalue weighted by molar-refractivity contribution is -0.116. The summed E-state index contributed by atoms with van der Waals surface area (Å²) in [6.45, 7) is 6.05. The first-order valence-corrected chi connectivity index (χ1v) is 7.60. The molecule has 0 spiro atoms. The van der Waals surface area contributed by atoms with Crippen molar-refractivity contribution in [3.63, 3.8) is 0 Å². The Morgan fingerprint density at radius 1 is 1.52 bits per heavy atom. The number of carbonyl (C=O) groups excluding carboxylic acids is 1. The Morgan fingerprint density at radius 2 is 2.38 bits per heavy atom. The largest absolute Gasteiger partial charge is 0.377 e. The number of hydrogen-bond acceptors (Lipinski definition) is 4. The summed E-state index contributed by atoms with van der Waals surface area (Å²) in [6, 6.07) is 7.67. The van der Waals surface area contributed by atoms with Crippen LogP contribution in [0.4, 0.5) is 5.69 Å². The van der Waals surface area contributed by atoms with Crippen molar-refractivity contribution in [2.24, 2.45) is 5.73 Å². The number of rotatable bonds is 5. The first-order chi connectivity index (χ1) is 10.2. The van der Waals surface area contributed by atoms with Crippen molar-refractivity contribution in [3.8, 4) is 0 Å². The molecule has 1 heterocycles. The number of hydrogen-bond donors (Lipinski definition) is 2. The van der Waals surface area contributed by atoms with Gasteiger partial charge in [0.25, 0.3) is 0 Å². The van der Waals surface area contributed by atoms with Crippen molar-refractivity contribution < 1.29 is 9.53 Å². The summed E-state index contributed by atoms with van der Waals surface area (Å²) in [5.41, 5.74) is 7.44. The molecule has 0 bridgehead atoms. The number of nitrogens with two attached hydrogens (primary N) is 1. The number of nitrogens with one attached hydrogen (secondary N) is 1. The maximum Gasteiger partial charge on any atom is 0.225 e. The molecule has 1 saturated heterocycles. The summed E-state index contributed by atoms with van der Waals surface area (Å²) in [6.07, 6.45) is 1.78. The van der Waals surface area contributed by atoms with Crippen LogP contribution in [0.3, 0.4) is 0 Å². The molecule has 1 fully saturated rings. The third kappa shape index (κ3) is 5.46. The summed E-state index contributed by atoms with van der Waals surface area (Å²) >= 11 is 0. The molecule has 1 unspecified atom stereocenters. The molecule has 1 aromatic rings. The van der Waals surface area contributed by atoms with Gasteiger partial charge in [0.1, 0.15) is 0 Å². The quantitative estimate of drug-likeness (QED) is 0.864. The number of amides is 1. The lowest BCUT2D eigenvalue weighted by atomic mass is 10.2. The summed E-state index contributed by atoms with van der Waals surface area (Å²) in [4.78, 5) is 14.3. The molecular weight excluding hydrogens is 266 g/mol. The summed E-state index contributed by atoms with van der Waals surface area (Å²) in [5, 5.41) is 2.93. The van der Waals surface area contributed by atoms with E-state index in [1.807, 2.05) is 24.3 Å². The van der Waals surface area contributed by atoms with Gasteiger partial charge in [0.05, 0.1) is 6.10 Å². The van der Waals surface area contributed by atoms with Crippen molar-refractivity contribution in [1.29, 1.82) is 0 Å². The molecule has 0 aliphatic carbocycles. The Hall–Kier alpha value is -1.43. The lowest BCUT2D eigenvalue weighted by Crippen LogP contribution is -2.33. The van der Waals surface area contributed by atoms with Crippen LogP contribution in [0.25, 0.3) is 0 Å². The Labute approximate surface area is 126 Å². The zero-order chi connectivity index (χ0) is 15.1. The maximum absolute atomic E-state index is 12.0. The van der Waals surface area contributed by atoms with Crippen LogP contribution in [0.15, 0.2) is 24.3 Å². The highest BCUT2D eigenvalue weighted by Gasteiger charge is 2.15. The van der Waals surface area contributed by atoms with Crippen molar-refractivity contribution in [2.45, 2.75) is 32.4 Å². The fourth-order valence-corrected chi connectivity index (χ4v) is 2.54. The Bertz CT molecular complexity index is 465. The molecule has 2 rings (SSSR count). The first-order valence-electron chi connectivity index (χ1n) is 7.60. The molecule has 0 saturated carbocycles. The standard InChI is InChI=1S/C16H25N3O2/c1-13-12-19(7-3-9-21-13)8-6-16(20)18-15-5-2-4-14(10-15)11-17/h2,4-5,10,13H,3,6-9,11-12,17H2,1H3,(H,18,20). The van der Waals surface area contributed by atoms with Crippen molar-refractivity contribution in [1.82, 2.24) is 4.90 Å². The van der Waals surface area contributed by atoms with Crippen LogP contribution < -0.4 is 11.1 Å². The van der Waals surface area contributed by atoms with Gasteiger partial charge < -0.3 is 20.7 Å². The van der Waals surface area contributed by atoms with Gasteiger partial charge in [-0.05, 0) is 31.0 Å². The van der Waals surface area contributed by atoms with Gasteiger partial charge in [0.15, 0.2) is 0 Å². The molecular formula is C16H25N3O2. The van der Waals surface area contributed by atoms with E-state index in [4.69, 9.17) is 10.5 Å². The van der Waals surface area contributed by atoms with Gasteiger partial charge in [-0.15, -0.1) is 0 Å². The second kappa shape index (κ2) is 8.12. The highest BCUT2D eigenvalue weighted by molar-refractivity contribution is 5.90. The van der Waals surface area contributed by atoms with Gasteiger partial charge >= 0.3 is 0 Å². The normalized spacial score (nSPS) is 20.0. The molecule has 0 radical (unpaired) electrons. The summed E-state index contributed by atoms with van der Waals surface area (Å²) < 4.78 is 5.61. The van der Waals surface area contributed by atoms with E-state index in [0.29, 0.717) is 13.0 Å². The average Bonchev–Trinajstić information content (AvgIpc) is 2.69. The van der Waals surface area contributed by atoms with Crippen LogP contribution in [0.1, 0.15) is 25.3 Å². The van der Waals surface area contributed by atoms with Gasteiger partial charge in [-0.3, -0.25) is 4.79 Å². The predicted molar refractivity (Wildman–Crippen MR) is 84.1 cm³/mol. The molecule has 5 nitrogen and oxygen atoms in total. The van der Waals surface area contributed by atoms with E-state index in [1.165, 1.54) is 0 Å². The number of carbonyl (C=O) groups is 1. The van der Waals surface area contributed by atoms with E-state index in [-0.39, 0.29) is 12.0 Å². The Kier molecular flexibility index (Phi) is 6.17. The second-order valence-corrected chi connectivity index (χ2v) is 5.54. The maximum atomic E-state index is 12.0. The first kappa shape index (κ1) is 15.9. The Balaban J connectivity index is 1.78. The van der Waals surface area contributed by atoms with Crippen LogP contribution in [0.5, 0.6) is 0 Å². The molecule has 1 aliphatic rings. The lowest BCUT2D eigenvalue weighted by Gasteiger charge is -2.21. The molecule has 1 amide bonds. The van der Waals surface area contributed by atoms with Crippen LogP contribution in [-0.4, -0.2) is 43.2 Å². The fraction of sp³-hybridized carbons (Fsp3) is 0.562. The van der Waals surface area contributed by atoms with Crippen LogP contribution in [0.2, 0.25) is 0 Å². The van der Waals surface area contributed by atoms with E-state index >= 15 is 0 Å². The third-order valence-corrected chi connectivity index (χ3v) is 3.64. The van der Waals surface area contributed by atoms with Gasteiger partial charge in [-0.25, -0.2) is 0 Å². The van der Waals surface area contributed by atoms with E-state index in [2.05, 4.69) is 17.1 Å². The number of benzene rings is 1. The monoisotopic (exact) mass is 291 g/mol. The highest BCUT2D eigenvalue weighted by Crippen LogP contribution is 2.11. The van der Waals surface area contributed by atoms with Crippen LogP contribution in [-0.2, 0) is 16.1 Å². The predicted octanol–water partition coefficient (Wildman–Crippen LogP) is 1.58. The smallest absolute Gasteiger partial charge is 0.225 e. The average molecular weight is 291 g/mol. The van der Waals surface area contributed by atoms with E-state index in [9.17, 15) is 4.79 Å². The van der Waals surface area contributed by atoms with Gasteiger partial charge in [-0.2, -0.15) is 0 Å². The molecule has 116 valence electrons. The minimum absolute atomic E-state index is 0.0435. The zero-order valence-electron chi connectivity index (χ0n) is 12.7. The molecule has 21 heavy (non-hydrogen) atoms. The Morgan fingerprint density at radius 3 is 3.19 bits per heavy atom. The van der Waals surface area contributed by atoms with Crippen molar-refractivity contribution in [3.05, 3.63) is 29.8 Å². The second-order valence-electron chi connectivity index (χ2n) is 5.54. The molecule has 1 aromatic carbocycles. The van der Waals surface area contributed by atoms with Gasteiger partial charge in [0, 0.05) is 44.9 Å². The van der Waals surface area contributed by atoms with E-state index in [0.717, 1.165) is 43.9 Å². The third-order valence-electron chi connectivity index (χ3n) is 3.64. The molecule has 3 N–H and O–H groups in total. The van der Waals surface area contributed by atoms with Crippen LogP contribution >= 0.6 is 0 Å². The molecule has 1 aliphatic heterocycles. The minimum atomic E-state index is 0.0435. The van der Waals surface area contributed by atoms with E-state index < -0.39 is 0 Å². The topological polar surface area (TPSA) is 67.6 Å². The molecule has 1 atom stereocenters. The van der Waals surface area contributed by atoms with E-state index in [1.54, 1.807) is 0 Å². The van der Waals surface area contributed by atoms with Crippen LogP contribution in [0, 0.1) is 0 Å². The zero-order valence-corrected chi connectivity index (χ0v) is 12.7. The number of ether oxygens (including phenoxy) is 1. The number of nitrogens with zero attached hydrogens (tertiary/aromatic N) is 1. The highest BCUT2D eigenvalue weighted by atomic mass is 16.5. The van der Waals surface area contributed by atoms with Gasteiger partial charge in [-0.1, -0.05) is 12.1 Å². The minimum Gasteiger partial charge on any atom is -0.377 e. The fourth-order valence-electron chi connectivity index (χ4n) is 2.54. The summed E-state index contributed by atoms with van der Waals surface area (Å²) in [7, 11) is 0. The molecule has 0 aromatic heterocycles. The SMILES string of the molecule is CC1CN(CCC(=O)Nc2cccc(CN)c2)CCCO1. The summed E-state index contributed by atoms with van der Waals surface area (Å²) in [5.74, 6) is 0.0435. The molecule has 5 heteroatoms.